The van der Waals surface area contributed by atoms with E-state index in [1.165, 1.54) is 5.69 Å². The van der Waals surface area contributed by atoms with Crippen molar-refractivity contribution in [1.29, 1.82) is 5.26 Å². The Morgan fingerprint density at radius 3 is 2.48 bits per heavy atom. The lowest BCUT2D eigenvalue weighted by atomic mass is 10.1. The number of hydrogen-bond acceptors (Lipinski definition) is 8. The number of nitrogens with one attached hydrogen (secondary N) is 2. The maximum Gasteiger partial charge on any atom is 0.216 e. The van der Waals surface area contributed by atoms with E-state index in [9.17, 15) is 5.26 Å². The van der Waals surface area contributed by atoms with Crippen molar-refractivity contribution >= 4 is 28.0 Å². The van der Waals surface area contributed by atoms with Gasteiger partial charge in [0.25, 0.3) is 0 Å². The fraction of sp³-hybridized carbons (Fsp3) is 0.238. The summed E-state index contributed by atoms with van der Waals surface area (Å²) in [4.78, 5) is 3.92. The second kappa shape index (κ2) is 8.62. The Bertz CT molecular complexity index is 1240. The van der Waals surface area contributed by atoms with Gasteiger partial charge in [0, 0.05) is 30.7 Å². The van der Waals surface area contributed by atoms with E-state index in [1.807, 2.05) is 31.2 Å². The van der Waals surface area contributed by atoms with Crippen LogP contribution < -0.4 is 10.2 Å². The number of benzene rings is 2. The topological polar surface area (TPSA) is 124 Å². The molecule has 0 saturated heterocycles. The molecule has 0 amide bonds. The molecule has 4 rings (SSSR count). The van der Waals surface area contributed by atoms with Gasteiger partial charge in [-0.25, -0.2) is 0 Å². The van der Waals surface area contributed by atoms with Crippen molar-refractivity contribution in [2.75, 3.05) is 23.3 Å². The minimum atomic E-state index is 0.229. The van der Waals surface area contributed by atoms with Gasteiger partial charge in [-0.2, -0.15) is 15.3 Å². The van der Waals surface area contributed by atoms with Crippen LogP contribution in [0.1, 0.15) is 25.2 Å². The lowest BCUT2D eigenvalue weighted by Gasteiger charge is -2.20. The maximum atomic E-state index is 9.32. The Hall–Kier alpha value is -4.26. The number of tetrazole rings is 1. The minimum absolute atomic E-state index is 0.229. The average Bonchev–Trinajstić information content (AvgIpc) is 3.46. The summed E-state index contributed by atoms with van der Waals surface area (Å²) in [6.07, 6.45) is 1.55. The zero-order valence-electron chi connectivity index (χ0n) is 17.5. The van der Waals surface area contributed by atoms with Crippen LogP contribution >= 0.6 is 0 Å². The normalized spacial score (nSPS) is 11.5. The number of aromatic nitrogens is 7. The Kier molecular flexibility index (Phi) is 5.57. The molecule has 0 bridgehead atoms. The highest BCUT2D eigenvalue weighted by Crippen LogP contribution is 2.23. The molecule has 0 aliphatic heterocycles. The number of rotatable bonds is 7. The molecule has 2 aromatic heterocycles. The number of nitrogens with zero attached hydrogens (tertiary/aromatic N) is 8. The zero-order valence-corrected chi connectivity index (χ0v) is 17.5. The van der Waals surface area contributed by atoms with E-state index in [-0.39, 0.29) is 11.4 Å². The summed E-state index contributed by atoms with van der Waals surface area (Å²) in [5.41, 5.74) is 5.65. The first kappa shape index (κ1) is 20.0. The molecule has 0 aliphatic carbocycles. The summed E-state index contributed by atoms with van der Waals surface area (Å²) < 4.78 is 0. The zero-order chi connectivity index (χ0) is 21.8. The predicted octanol–water partition coefficient (Wildman–Crippen LogP) is 3.06. The van der Waals surface area contributed by atoms with E-state index >= 15 is 0 Å². The average molecular weight is 414 g/mol. The first-order chi connectivity index (χ1) is 15.1. The number of allylic oxidation sites excluding steroid dienone is 1. The van der Waals surface area contributed by atoms with Crippen LogP contribution in [-0.2, 0) is 0 Å². The molecule has 2 aromatic carbocycles. The third kappa shape index (κ3) is 4.06. The summed E-state index contributed by atoms with van der Waals surface area (Å²) in [6.45, 7) is 8.18. The first-order valence-corrected chi connectivity index (χ1v) is 9.96. The van der Waals surface area contributed by atoms with Crippen molar-refractivity contribution in [2.45, 2.75) is 20.8 Å². The fourth-order valence-electron chi connectivity index (χ4n) is 3.30. The van der Waals surface area contributed by atoms with Gasteiger partial charge in [-0.15, -0.1) is 20.4 Å². The number of anilines is 2. The van der Waals surface area contributed by atoms with Gasteiger partial charge in [0.2, 0.25) is 5.82 Å². The molecule has 4 aromatic rings. The van der Waals surface area contributed by atoms with Crippen LogP contribution in [0.5, 0.6) is 0 Å². The summed E-state index contributed by atoms with van der Waals surface area (Å²) >= 11 is 0. The Morgan fingerprint density at radius 1 is 1.16 bits per heavy atom. The van der Waals surface area contributed by atoms with E-state index in [1.54, 1.807) is 11.0 Å². The van der Waals surface area contributed by atoms with Crippen LogP contribution in [0.25, 0.3) is 22.3 Å². The third-order valence-corrected chi connectivity index (χ3v) is 5.01. The van der Waals surface area contributed by atoms with E-state index in [0.717, 1.165) is 41.1 Å². The number of H-pyrrole nitrogens is 1. The number of aryl methyl sites for hydroxylation is 1. The molecule has 10 heteroatoms. The number of aromatic amines is 1. The third-order valence-electron chi connectivity index (χ3n) is 5.01. The quantitative estimate of drug-likeness (QED) is 0.442. The molecule has 2 heterocycles. The highest BCUT2D eigenvalue weighted by atomic mass is 15.5. The molecule has 10 nitrogen and oxygen atoms in total. The van der Waals surface area contributed by atoms with Crippen LogP contribution in [0.2, 0.25) is 0 Å². The summed E-state index contributed by atoms with van der Waals surface area (Å²) in [5, 5.41) is 35.2. The van der Waals surface area contributed by atoms with E-state index in [4.69, 9.17) is 0 Å². The molecule has 0 saturated carbocycles. The van der Waals surface area contributed by atoms with Crippen molar-refractivity contribution < 1.29 is 0 Å². The van der Waals surface area contributed by atoms with Gasteiger partial charge in [-0.3, -0.25) is 0 Å². The molecular weight excluding hydrogens is 392 g/mol. The Labute approximate surface area is 179 Å². The van der Waals surface area contributed by atoms with Gasteiger partial charge < -0.3 is 10.2 Å². The van der Waals surface area contributed by atoms with Gasteiger partial charge in [0.1, 0.15) is 22.7 Å². The van der Waals surface area contributed by atoms with Gasteiger partial charge in [0.15, 0.2) is 0 Å². The molecule has 0 fully saturated rings. The van der Waals surface area contributed by atoms with E-state index in [0.29, 0.717) is 0 Å². The monoisotopic (exact) mass is 414 g/mol. The minimum Gasteiger partial charge on any atom is -0.372 e. The van der Waals surface area contributed by atoms with E-state index in [2.05, 4.69) is 73.1 Å². The second-order valence-corrected chi connectivity index (χ2v) is 6.88. The maximum absolute atomic E-state index is 9.32. The number of nitriles is 1. The molecule has 0 radical (unpaired) electrons. The van der Waals surface area contributed by atoms with Crippen molar-refractivity contribution in [1.82, 2.24) is 35.6 Å². The Morgan fingerprint density at radius 2 is 1.87 bits per heavy atom. The molecule has 156 valence electrons. The molecular formula is C21H22N10. The van der Waals surface area contributed by atoms with E-state index < -0.39 is 0 Å². The summed E-state index contributed by atoms with van der Waals surface area (Å²) in [5.74, 6) is 0.229. The predicted molar refractivity (Wildman–Crippen MR) is 119 cm³/mol. The molecule has 0 spiro atoms. The highest BCUT2D eigenvalue weighted by Gasteiger charge is 2.10. The Balaban J connectivity index is 1.61. The van der Waals surface area contributed by atoms with Crippen LogP contribution in [-0.4, -0.2) is 48.7 Å². The SMILES string of the molecule is CCN(CC)c1ccc(-n2nc3cc(C)c(NC=C(C#N)c4nn[nH]n4)cc3n2)cc1. The second-order valence-electron chi connectivity index (χ2n) is 6.88. The largest absolute Gasteiger partial charge is 0.372 e. The highest BCUT2D eigenvalue weighted by molar-refractivity contribution is 5.82. The van der Waals surface area contributed by atoms with Crippen LogP contribution in [0.4, 0.5) is 11.4 Å². The van der Waals surface area contributed by atoms with Crippen LogP contribution in [0.15, 0.2) is 42.6 Å². The lowest BCUT2D eigenvalue weighted by Crippen LogP contribution is -2.21. The lowest BCUT2D eigenvalue weighted by molar-refractivity contribution is 0.765. The molecule has 0 unspecified atom stereocenters. The van der Waals surface area contributed by atoms with Gasteiger partial charge in [-0.1, -0.05) is 0 Å². The smallest absolute Gasteiger partial charge is 0.216 e. The summed E-state index contributed by atoms with van der Waals surface area (Å²) in [7, 11) is 0. The van der Waals surface area contributed by atoms with Crippen molar-refractivity contribution in [3.63, 3.8) is 0 Å². The summed E-state index contributed by atoms with van der Waals surface area (Å²) in [6, 6.07) is 14.1. The van der Waals surface area contributed by atoms with Gasteiger partial charge >= 0.3 is 0 Å². The number of hydrogen-bond donors (Lipinski definition) is 2. The van der Waals surface area contributed by atoms with Gasteiger partial charge in [-0.05, 0) is 67.9 Å². The molecule has 0 aliphatic rings. The fourth-order valence-corrected chi connectivity index (χ4v) is 3.30. The molecule has 31 heavy (non-hydrogen) atoms. The van der Waals surface area contributed by atoms with Gasteiger partial charge in [0.05, 0.1) is 5.69 Å². The first-order valence-electron chi connectivity index (χ1n) is 9.96. The van der Waals surface area contributed by atoms with Crippen molar-refractivity contribution in [3.8, 4) is 11.8 Å². The van der Waals surface area contributed by atoms with Crippen molar-refractivity contribution in [3.05, 3.63) is 54.0 Å². The van der Waals surface area contributed by atoms with Crippen LogP contribution in [0, 0.1) is 18.3 Å². The number of fused-ring (bicyclic) bond motifs is 1. The van der Waals surface area contributed by atoms with Crippen molar-refractivity contribution in [2.24, 2.45) is 0 Å². The van der Waals surface area contributed by atoms with Crippen LogP contribution in [0.3, 0.4) is 0 Å². The standard InChI is InChI=1S/C21H22N10/c1-4-30(5-2)16-6-8-17(9-7-16)31-26-19-10-14(3)18(11-20(19)27-31)23-13-15(12-22)21-24-28-29-25-21/h6-11,13,23H,4-5H2,1-3H3,(H,24,25,28,29). The molecule has 2 N–H and O–H groups in total. The molecule has 0 atom stereocenters.